The molecule has 0 fully saturated rings. The first-order valence-electron chi connectivity index (χ1n) is 7.93. The maximum Gasteiger partial charge on any atom is 0.191 e. The smallest absolute Gasteiger partial charge is 0.191 e. The number of anilines is 1. The highest BCUT2D eigenvalue weighted by Crippen LogP contribution is 2.19. The first-order valence-corrected chi connectivity index (χ1v) is 8.34. The Kier molecular flexibility index (Phi) is 5.13. The first kappa shape index (κ1) is 17.8. The molecule has 3 aromatic rings. The van der Waals surface area contributed by atoms with Crippen LogP contribution in [0.3, 0.4) is 0 Å². The van der Waals surface area contributed by atoms with E-state index in [0.717, 1.165) is 28.5 Å². The zero-order valence-electron chi connectivity index (χ0n) is 14.6. The molecule has 0 unspecified atom stereocenters. The molecule has 0 spiro atoms. The predicted octanol–water partition coefficient (Wildman–Crippen LogP) is 3.85. The largest absolute Gasteiger partial charge is 0.360 e. The van der Waals surface area contributed by atoms with E-state index in [1.54, 1.807) is 24.4 Å². The van der Waals surface area contributed by atoms with E-state index in [4.69, 9.17) is 16.7 Å². The lowest BCUT2D eigenvalue weighted by Gasteiger charge is -2.07. The zero-order chi connectivity index (χ0) is 18.7. The van der Waals surface area contributed by atoms with Gasteiger partial charge in [0.05, 0.1) is 11.9 Å². The number of thiocarbonyl (C=S) groups is 1. The molecule has 0 atom stereocenters. The summed E-state index contributed by atoms with van der Waals surface area (Å²) in [7, 11) is 0. The van der Waals surface area contributed by atoms with E-state index in [-0.39, 0.29) is 10.9 Å². The van der Waals surface area contributed by atoms with Crippen LogP contribution in [-0.4, -0.2) is 21.1 Å². The van der Waals surface area contributed by atoms with E-state index in [9.17, 15) is 4.39 Å². The highest BCUT2D eigenvalue weighted by Gasteiger charge is 2.12. The number of hydrogen-bond donors (Lipinski definition) is 2. The molecule has 8 heteroatoms. The Labute approximate surface area is 155 Å². The summed E-state index contributed by atoms with van der Waals surface area (Å²) in [5.41, 5.74) is 5.86. The Balaban J connectivity index is 1.69. The van der Waals surface area contributed by atoms with Crippen LogP contribution >= 0.6 is 12.2 Å². The van der Waals surface area contributed by atoms with E-state index in [2.05, 4.69) is 21.0 Å². The second-order valence-corrected chi connectivity index (χ2v) is 6.17. The third kappa shape index (κ3) is 3.80. The third-order valence-electron chi connectivity index (χ3n) is 3.81. The van der Waals surface area contributed by atoms with Crippen LogP contribution < -0.4 is 10.7 Å². The molecule has 0 aliphatic heterocycles. The van der Waals surface area contributed by atoms with Crippen molar-refractivity contribution < 1.29 is 8.91 Å². The first-order chi connectivity index (χ1) is 12.5. The van der Waals surface area contributed by atoms with Crippen LogP contribution in [0.25, 0.3) is 5.82 Å². The number of aryl methyl sites for hydroxylation is 2. The molecule has 134 valence electrons. The molecule has 6 nitrogen and oxygen atoms in total. The Bertz CT molecular complexity index is 976. The maximum atomic E-state index is 13.6. The summed E-state index contributed by atoms with van der Waals surface area (Å²) in [6.45, 7) is 5.79. The predicted molar refractivity (Wildman–Crippen MR) is 103 cm³/mol. The molecular formula is C18H18FN5OS. The van der Waals surface area contributed by atoms with Crippen LogP contribution in [-0.2, 0) is 0 Å². The minimum absolute atomic E-state index is 0.201. The summed E-state index contributed by atoms with van der Waals surface area (Å²) in [6, 6.07) is 10.1. The van der Waals surface area contributed by atoms with Gasteiger partial charge in [-0.05, 0) is 51.2 Å². The second-order valence-electron chi connectivity index (χ2n) is 5.76. The standard InChI is InChI=1S/C18H18FN5OS/c1-11-8-14(13(3)24(11)17-9-12(2)25-23-17)10-20-22-18(26)21-16-7-5-4-6-15(16)19/h4-10H,1-3H3,(H2,21,22,26)/b20-10-. The normalized spacial score (nSPS) is 11.1. The molecule has 0 bridgehead atoms. The molecule has 0 radical (unpaired) electrons. The molecule has 0 aliphatic carbocycles. The van der Waals surface area contributed by atoms with Crippen molar-refractivity contribution in [1.29, 1.82) is 0 Å². The lowest BCUT2D eigenvalue weighted by atomic mass is 10.3. The molecule has 26 heavy (non-hydrogen) atoms. The number of para-hydroxylation sites is 1. The summed E-state index contributed by atoms with van der Waals surface area (Å²) in [5, 5.41) is 11.1. The average Bonchev–Trinajstić information content (AvgIpc) is 3.13. The van der Waals surface area contributed by atoms with Crippen molar-refractivity contribution in [3.05, 3.63) is 64.9 Å². The van der Waals surface area contributed by atoms with Gasteiger partial charge < -0.3 is 9.84 Å². The van der Waals surface area contributed by atoms with Gasteiger partial charge in [-0.2, -0.15) is 5.10 Å². The van der Waals surface area contributed by atoms with Gasteiger partial charge in [-0.1, -0.05) is 17.3 Å². The maximum absolute atomic E-state index is 13.6. The molecular weight excluding hydrogens is 353 g/mol. The zero-order valence-corrected chi connectivity index (χ0v) is 15.4. The molecule has 2 aromatic heterocycles. The molecule has 1 aromatic carbocycles. The molecule has 0 saturated heterocycles. The minimum atomic E-state index is -0.382. The van der Waals surface area contributed by atoms with Crippen molar-refractivity contribution in [2.24, 2.45) is 5.10 Å². The molecule has 2 N–H and O–H groups in total. The van der Waals surface area contributed by atoms with Gasteiger partial charge >= 0.3 is 0 Å². The number of benzene rings is 1. The van der Waals surface area contributed by atoms with Crippen molar-refractivity contribution in [2.45, 2.75) is 20.8 Å². The van der Waals surface area contributed by atoms with Crippen molar-refractivity contribution >= 4 is 29.2 Å². The topological polar surface area (TPSA) is 67.4 Å². The van der Waals surface area contributed by atoms with Crippen molar-refractivity contribution in [3.63, 3.8) is 0 Å². The van der Waals surface area contributed by atoms with Crippen molar-refractivity contribution in [2.75, 3.05) is 5.32 Å². The SMILES string of the molecule is Cc1cc(-n2c(C)cc(/C=N\NC(=S)Nc3ccccc3F)c2C)no1. The van der Waals surface area contributed by atoms with E-state index < -0.39 is 0 Å². The number of hydrazone groups is 1. The van der Waals surface area contributed by atoms with Crippen LogP contribution in [0.2, 0.25) is 0 Å². The van der Waals surface area contributed by atoms with Crippen LogP contribution in [0.4, 0.5) is 10.1 Å². The molecule has 3 rings (SSSR count). The lowest BCUT2D eigenvalue weighted by Crippen LogP contribution is -2.24. The monoisotopic (exact) mass is 371 g/mol. The summed E-state index contributed by atoms with van der Waals surface area (Å²) < 4.78 is 20.7. The van der Waals surface area contributed by atoms with E-state index in [1.807, 2.05) is 37.5 Å². The second kappa shape index (κ2) is 7.49. The van der Waals surface area contributed by atoms with Gasteiger partial charge in [-0.25, -0.2) is 4.39 Å². The fourth-order valence-corrected chi connectivity index (χ4v) is 2.77. The molecule has 0 saturated carbocycles. The van der Waals surface area contributed by atoms with E-state index in [1.165, 1.54) is 6.07 Å². The van der Waals surface area contributed by atoms with Gasteiger partial charge in [0, 0.05) is 23.0 Å². The summed E-state index contributed by atoms with van der Waals surface area (Å²) in [6.07, 6.45) is 1.65. The Morgan fingerprint density at radius 3 is 2.73 bits per heavy atom. The van der Waals surface area contributed by atoms with Gasteiger partial charge in [0.25, 0.3) is 0 Å². The molecule has 2 heterocycles. The number of rotatable bonds is 4. The van der Waals surface area contributed by atoms with E-state index >= 15 is 0 Å². The number of nitrogens with zero attached hydrogens (tertiary/aromatic N) is 3. The lowest BCUT2D eigenvalue weighted by molar-refractivity contribution is 0.394. The molecule has 0 amide bonds. The number of halogens is 1. The number of aromatic nitrogens is 2. The Morgan fingerprint density at radius 1 is 1.27 bits per heavy atom. The number of nitrogens with one attached hydrogen (secondary N) is 2. The van der Waals surface area contributed by atoms with Gasteiger partial charge in [-0.3, -0.25) is 9.99 Å². The highest BCUT2D eigenvalue weighted by atomic mass is 32.1. The summed E-state index contributed by atoms with van der Waals surface area (Å²) in [4.78, 5) is 0. The molecule has 0 aliphatic rings. The fraction of sp³-hybridized carbons (Fsp3) is 0.167. The van der Waals surface area contributed by atoms with Gasteiger partial charge in [0.1, 0.15) is 11.6 Å². The Hall–Kier alpha value is -3.00. The van der Waals surface area contributed by atoms with Crippen molar-refractivity contribution in [3.8, 4) is 5.82 Å². The highest BCUT2D eigenvalue weighted by molar-refractivity contribution is 7.80. The summed E-state index contributed by atoms with van der Waals surface area (Å²) in [5.74, 6) is 1.09. The van der Waals surface area contributed by atoms with Crippen LogP contribution in [0.1, 0.15) is 22.7 Å². The van der Waals surface area contributed by atoms with Crippen LogP contribution in [0, 0.1) is 26.6 Å². The van der Waals surface area contributed by atoms with Crippen LogP contribution in [0.15, 0.2) is 46.0 Å². The third-order valence-corrected chi connectivity index (χ3v) is 4.00. The van der Waals surface area contributed by atoms with Gasteiger partial charge in [0.2, 0.25) is 0 Å². The summed E-state index contributed by atoms with van der Waals surface area (Å²) >= 11 is 5.12. The van der Waals surface area contributed by atoms with Gasteiger partial charge in [0.15, 0.2) is 10.9 Å². The number of hydrogen-bond acceptors (Lipinski definition) is 4. The quantitative estimate of drug-likeness (QED) is 0.414. The average molecular weight is 371 g/mol. The van der Waals surface area contributed by atoms with Crippen molar-refractivity contribution in [1.82, 2.24) is 15.1 Å². The van der Waals surface area contributed by atoms with Gasteiger partial charge in [-0.15, -0.1) is 0 Å². The van der Waals surface area contributed by atoms with E-state index in [0.29, 0.717) is 5.69 Å². The van der Waals surface area contributed by atoms with Crippen LogP contribution in [0.5, 0.6) is 0 Å². The minimum Gasteiger partial charge on any atom is -0.360 e. The Morgan fingerprint density at radius 2 is 2.04 bits per heavy atom. The fourth-order valence-electron chi connectivity index (χ4n) is 2.60.